The van der Waals surface area contributed by atoms with Crippen LogP contribution in [0.1, 0.15) is 12.0 Å². The highest BCUT2D eigenvalue weighted by Gasteiger charge is 2.10. The van der Waals surface area contributed by atoms with Crippen molar-refractivity contribution >= 4 is 29.3 Å². The second-order valence-corrected chi connectivity index (χ2v) is 6.42. The van der Waals surface area contributed by atoms with Crippen LogP contribution in [0.4, 0.5) is 14.5 Å². The first-order valence-electron chi connectivity index (χ1n) is 7.54. The van der Waals surface area contributed by atoms with Crippen molar-refractivity contribution in [2.75, 3.05) is 17.7 Å². The van der Waals surface area contributed by atoms with Gasteiger partial charge in [0.1, 0.15) is 0 Å². The molecule has 1 amide bonds. The highest BCUT2D eigenvalue weighted by atomic mass is 32.2. The molecule has 0 aliphatic rings. The first-order chi connectivity index (χ1) is 11.9. The normalized spacial score (nSPS) is 10.4. The standard InChI is InChI=1S/C18H17F2NO3S/c1-12-2-5-14(6-3-12)25-9-8-18(23)24-11-17(22)21-13-4-7-15(19)16(20)10-13/h2-7,10H,8-9,11H2,1H3,(H,21,22). The van der Waals surface area contributed by atoms with Crippen LogP contribution in [-0.2, 0) is 14.3 Å². The van der Waals surface area contributed by atoms with Crippen LogP contribution in [0.15, 0.2) is 47.4 Å². The molecule has 0 unspecified atom stereocenters. The van der Waals surface area contributed by atoms with Crippen LogP contribution < -0.4 is 5.32 Å². The molecule has 7 heteroatoms. The highest BCUT2D eigenvalue weighted by Crippen LogP contribution is 2.19. The molecule has 0 saturated heterocycles. The third-order valence-corrected chi connectivity index (χ3v) is 4.18. The van der Waals surface area contributed by atoms with Gasteiger partial charge in [-0.2, -0.15) is 0 Å². The first kappa shape index (κ1) is 18.9. The van der Waals surface area contributed by atoms with Gasteiger partial charge in [-0.15, -0.1) is 11.8 Å². The Bertz CT molecular complexity index is 750. The predicted octanol–water partition coefficient (Wildman–Crippen LogP) is 3.94. The number of amides is 1. The number of benzene rings is 2. The molecule has 0 aliphatic carbocycles. The molecule has 0 spiro atoms. The maximum atomic E-state index is 13.0. The monoisotopic (exact) mass is 365 g/mol. The minimum atomic E-state index is -1.07. The summed E-state index contributed by atoms with van der Waals surface area (Å²) in [6, 6.07) is 10.9. The SMILES string of the molecule is Cc1ccc(SCCC(=O)OCC(=O)Nc2ccc(F)c(F)c2)cc1. The van der Waals surface area contributed by atoms with Crippen LogP contribution in [0.3, 0.4) is 0 Å². The van der Waals surface area contributed by atoms with E-state index in [2.05, 4.69) is 5.32 Å². The van der Waals surface area contributed by atoms with Gasteiger partial charge in [-0.05, 0) is 31.2 Å². The lowest BCUT2D eigenvalue weighted by Gasteiger charge is -2.07. The summed E-state index contributed by atoms with van der Waals surface area (Å²) in [4.78, 5) is 24.3. The molecule has 0 aliphatic heterocycles. The van der Waals surface area contributed by atoms with Crippen molar-refractivity contribution in [3.8, 4) is 0 Å². The van der Waals surface area contributed by atoms with E-state index in [0.717, 1.165) is 22.6 Å². The van der Waals surface area contributed by atoms with Gasteiger partial charge in [-0.25, -0.2) is 8.78 Å². The fourth-order valence-corrected chi connectivity index (χ4v) is 2.71. The largest absolute Gasteiger partial charge is 0.456 e. The Morgan fingerprint density at radius 1 is 1.08 bits per heavy atom. The van der Waals surface area contributed by atoms with Gasteiger partial charge in [0.25, 0.3) is 5.91 Å². The second kappa shape index (κ2) is 9.17. The Labute approximate surface area is 148 Å². The number of nitrogens with one attached hydrogen (secondary N) is 1. The van der Waals surface area contributed by atoms with E-state index in [1.165, 1.54) is 17.8 Å². The minimum Gasteiger partial charge on any atom is -0.456 e. The lowest BCUT2D eigenvalue weighted by molar-refractivity contribution is -0.146. The number of aryl methyl sites for hydroxylation is 1. The Kier molecular flexibility index (Phi) is 6.94. The van der Waals surface area contributed by atoms with Gasteiger partial charge in [-0.3, -0.25) is 9.59 Å². The molecule has 0 aromatic heterocycles. The average Bonchev–Trinajstić information content (AvgIpc) is 2.58. The van der Waals surface area contributed by atoms with Crippen molar-refractivity contribution in [2.45, 2.75) is 18.2 Å². The van der Waals surface area contributed by atoms with E-state index in [0.29, 0.717) is 5.75 Å². The summed E-state index contributed by atoms with van der Waals surface area (Å²) < 4.78 is 30.7. The van der Waals surface area contributed by atoms with Crippen molar-refractivity contribution < 1.29 is 23.1 Å². The fourth-order valence-electron chi connectivity index (χ4n) is 1.88. The van der Waals surface area contributed by atoms with Crippen LogP contribution >= 0.6 is 11.8 Å². The quantitative estimate of drug-likeness (QED) is 0.597. The second-order valence-electron chi connectivity index (χ2n) is 5.25. The van der Waals surface area contributed by atoms with Crippen molar-refractivity contribution in [1.82, 2.24) is 0 Å². The number of anilines is 1. The molecular weight excluding hydrogens is 348 g/mol. The zero-order chi connectivity index (χ0) is 18.2. The zero-order valence-corrected chi connectivity index (χ0v) is 14.4. The lowest BCUT2D eigenvalue weighted by Crippen LogP contribution is -2.21. The number of esters is 1. The van der Waals surface area contributed by atoms with Crippen LogP contribution in [0.25, 0.3) is 0 Å². The van der Waals surface area contributed by atoms with E-state index >= 15 is 0 Å². The average molecular weight is 365 g/mol. The molecule has 2 aromatic carbocycles. The highest BCUT2D eigenvalue weighted by molar-refractivity contribution is 7.99. The molecule has 132 valence electrons. The number of carbonyl (C=O) groups is 2. The Morgan fingerprint density at radius 3 is 2.48 bits per heavy atom. The van der Waals surface area contributed by atoms with Crippen LogP contribution in [-0.4, -0.2) is 24.2 Å². The Morgan fingerprint density at radius 2 is 1.80 bits per heavy atom. The van der Waals surface area contributed by atoms with Gasteiger partial charge < -0.3 is 10.1 Å². The van der Waals surface area contributed by atoms with Gasteiger partial charge in [-0.1, -0.05) is 17.7 Å². The fraction of sp³-hybridized carbons (Fsp3) is 0.222. The third kappa shape index (κ3) is 6.54. The molecule has 0 fully saturated rings. The minimum absolute atomic E-state index is 0.0925. The molecule has 1 N–H and O–H groups in total. The summed E-state index contributed by atoms with van der Waals surface area (Å²) in [6.45, 7) is 1.52. The Hall–Kier alpha value is -2.41. The van der Waals surface area contributed by atoms with Crippen LogP contribution in [0, 0.1) is 18.6 Å². The summed E-state index contributed by atoms with van der Waals surface area (Å²) in [5.74, 6) is -2.66. The molecule has 0 saturated carbocycles. The molecule has 2 aromatic rings. The lowest BCUT2D eigenvalue weighted by atomic mass is 10.2. The summed E-state index contributed by atoms with van der Waals surface area (Å²) in [6.07, 6.45) is 0.164. The van der Waals surface area contributed by atoms with Crippen LogP contribution in [0.5, 0.6) is 0 Å². The van der Waals surface area contributed by atoms with Gasteiger partial charge in [0, 0.05) is 22.4 Å². The third-order valence-electron chi connectivity index (χ3n) is 3.16. The van der Waals surface area contributed by atoms with E-state index in [4.69, 9.17) is 4.74 Å². The molecule has 4 nitrogen and oxygen atoms in total. The maximum absolute atomic E-state index is 13.0. The maximum Gasteiger partial charge on any atom is 0.307 e. The van der Waals surface area contributed by atoms with E-state index in [9.17, 15) is 18.4 Å². The van der Waals surface area contributed by atoms with E-state index in [1.54, 1.807) is 0 Å². The van der Waals surface area contributed by atoms with Crippen molar-refractivity contribution in [1.29, 1.82) is 0 Å². The molecular formula is C18H17F2NO3S. The topological polar surface area (TPSA) is 55.4 Å². The number of carbonyl (C=O) groups excluding carboxylic acids is 2. The summed E-state index contributed by atoms with van der Waals surface area (Å²) in [5, 5.41) is 2.32. The van der Waals surface area contributed by atoms with Gasteiger partial charge in [0.05, 0.1) is 6.42 Å². The van der Waals surface area contributed by atoms with Crippen molar-refractivity contribution in [2.24, 2.45) is 0 Å². The van der Waals surface area contributed by atoms with E-state index in [1.807, 2.05) is 31.2 Å². The molecule has 0 radical (unpaired) electrons. The zero-order valence-electron chi connectivity index (χ0n) is 13.6. The summed E-state index contributed by atoms with van der Waals surface area (Å²) in [7, 11) is 0. The molecule has 0 bridgehead atoms. The van der Waals surface area contributed by atoms with Gasteiger partial charge in [0.2, 0.25) is 0 Å². The molecule has 0 heterocycles. The predicted molar refractivity (Wildman–Crippen MR) is 92.5 cm³/mol. The number of ether oxygens (including phenoxy) is 1. The molecule has 0 atom stereocenters. The Balaban J connectivity index is 1.67. The number of rotatable bonds is 7. The first-order valence-corrected chi connectivity index (χ1v) is 8.52. The smallest absolute Gasteiger partial charge is 0.307 e. The summed E-state index contributed by atoms with van der Waals surface area (Å²) >= 11 is 1.52. The molecule has 2 rings (SSSR count). The van der Waals surface area contributed by atoms with Gasteiger partial charge >= 0.3 is 5.97 Å². The number of hydrogen-bond acceptors (Lipinski definition) is 4. The van der Waals surface area contributed by atoms with E-state index in [-0.39, 0.29) is 12.1 Å². The summed E-state index contributed by atoms with van der Waals surface area (Å²) in [5.41, 5.74) is 1.26. The number of thioether (sulfide) groups is 1. The molecule has 25 heavy (non-hydrogen) atoms. The van der Waals surface area contributed by atoms with Crippen LogP contribution in [0.2, 0.25) is 0 Å². The van der Waals surface area contributed by atoms with E-state index < -0.39 is 30.1 Å². The number of hydrogen-bond donors (Lipinski definition) is 1. The van der Waals surface area contributed by atoms with Crippen molar-refractivity contribution in [3.63, 3.8) is 0 Å². The van der Waals surface area contributed by atoms with Crippen molar-refractivity contribution in [3.05, 3.63) is 59.7 Å². The van der Waals surface area contributed by atoms with Gasteiger partial charge in [0.15, 0.2) is 18.2 Å². The number of halogens is 2.